The third-order valence-corrected chi connectivity index (χ3v) is 3.47. The van der Waals surface area contributed by atoms with Crippen LogP contribution in [0.3, 0.4) is 0 Å². The number of aliphatic hydroxyl groups is 1. The second kappa shape index (κ2) is 6.07. The van der Waals surface area contributed by atoms with Crippen LogP contribution < -0.4 is 4.90 Å². The summed E-state index contributed by atoms with van der Waals surface area (Å²) >= 11 is 0. The van der Waals surface area contributed by atoms with Crippen LogP contribution in [0.2, 0.25) is 0 Å². The zero-order valence-corrected chi connectivity index (χ0v) is 10.9. The number of anilines is 1. The second-order valence-corrected chi connectivity index (χ2v) is 5.09. The number of rotatable bonds is 4. The highest BCUT2D eigenvalue weighted by atomic mass is 16.3. The van der Waals surface area contributed by atoms with Crippen molar-refractivity contribution in [3.8, 4) is 5.75 Å². The molecule has 0 aromatic heterocycles. The Morgan fingerprint density at radius 1 is 1.11 bits per heavy atom. The molecule has 4 heteroatoms. The van der Waals surface area contributed by atoms with E-state index in [0.717, 1.165) is 32.7 Å². The first kappa shape index (κ1) is 13.2. The number of aliphatic hydroxyl groups excluding tert-OH is 1. The van der Waals surface area contributed by atoms with E-state index < -0.39 is 0 Å². The van der Waals surface area contributed by atoms with Crippen molar-refractivity contribution < 1.29 is 10.2 Å². The van der Waals surface area contributed by atoms with Crippen LogP contribution in [-0.2, 0) is 0 Å². The molecule has 0 spiro atoms. The Morgan fingerprint density at radius 3 is 2.28 bits per heavy atom. The van der Waals surface area contributed by atoms with Crippen LogP contribution in [0.5, 0.6) is 5.75 Å². The van der Waals surface area contributed by atoms with Gasteiger partial charge in [-0.2, -0.15) is 0 Å². The van der Waals surface area contributed by atoms with Crippen LogP contribution in [0, 0.1) is 5.92 Å². The second-order valence-electron chi connectivity index (χ2n) is 5.09. The van der Waals surface area contributed by atoms with Crippen molar-refractivity contribution in [3.05, 3.63) is 24.3 Å². The molecule has 1 aliphatic heterocycles. The monoisotopic (exact) mass is 250 g/mol. The number of hydrogen-bond donors (Lipinski definition) is 2. The first-order valence-electron chi connectivity index (χ1n) is 6.56. The van der Waals surface area contributed by atoms with Gasteiger partial charge in [-0.25, -0.2) is 0 Å². The molecule has 1 heterocycles. The van der Waals surface area contributed by atoms with Crippen LogP contribution in [-0.4, -0.2) is 54.4 Å². The number of hydrogen-bond acceptors (Lipinski definition) is 4. The van der Waals surface area contributed by atoms with Crippen LogP contribution in [0.25, 0.3) is 0 Å². The SMILES string of the molecule is CC(CO)CN1CCN(c2ccc(O)cc2)CC1. The van der Waals surface area contributed by atoms with Crippen LogP contribution in [0.15, 0.2) is 24.3 Å². The predicted molar refractivity (Wildman–Crippen MR) is 73.0 cm³/mol. The quantitative estimate of drug-likeness (QED) is 0.841. The van der Waals surface area contributed by atoms with Gasteiger partial charge < -0.3 is 15.1 Å². The lowest BCUT2D eigenvalue weighted by molar-refractivity contribution is 0.167. The molecule has 0 saturated carbocycles. The van der Waals surface area contributed by atoms with E-state index in [4.69, 9.17) is 5.11 Å². The highest BCUT2D eigenvalue weighted by Gasteiger charge is 2.18. The molecule has 4 nitrogen and oxygen atoms in total. The minimum absolute atomic E-state index is 0.262. The molecule has 1 atom stereocenters. The number of piperazine rings is 1. The van der Waals surface area contributed by atoms with Crippen LogP contribution in [0.1, 0.15) is 6.92 Å². The van der Waals surface area contributed by atoms with Crippen LogP contribution >= 0.6 is 0 Å². The zero-order chi connectivity index (χ0) is 13.0. The lowest BCUT2D eigenvalue weighted by Gasteiger charge is -2.37. The topological polar surface area (TPSA) is 46.9 Å². The fourth-order valence-corrected chi connectivity index (χ4v) is 2.35. The summed E-state index contributed by atoms with van der Waals surface area (Å²) < 4.78 is 0. The molecule has 18 heavy (non-hydrogen) atoms. The molecule has 0 bridgehead atoms. The van der Waals surface area contributed by atoms with Gasteiger partial charge in [0.05, 0.1) is 0 Å². The first-order chi connectivity index (χ1) is 8.69. The van der Waals surface area contributed by atoms with Crippen molar-refractivity contribution in [2.45, 2.75) is 6.92 Å². The summed E-state index contributed by atoms with van der Waals surface area (Å²) in [6.45, 7) is 7.38. The summed E-state index contributed by atoms with van der Waals surface area (Å²) in [5, 5.41) is 18.3. The number of phenolic OH excluding ortho intramolecular Hbond substituents is 1. The normalized spacial score (nSPS) is 18.9. The molecule has 1 aromatic carbocycles. The van der Waals surface area contributed by atoms with Gasteiger partial charge in [0, 0.05) is 45.0 Å². The number of nitrogens with zero attached hydrogens (tertiary/aromatic N) is 2. The molecule has 1 fully saturated rings. The molecule has 100 valence electrons. The minimum atomic E-state index is 0.262. The zero-order valence-electron chi connectivity index (χ0n) is 10.9. The fraction of sp³-hybridized carbons (Fsp3) is 0.571. The standard InChI is InChI=1S/C14H22N2O2/c1-12(11-17)10-15-6-8-16(9-7-15)13-2-4-14(18)5-3-13/h2-5,12,17-18H,6-11H2,1H3. The van der Waals surface area contributed by atoms with Crippen molar-refractivity contribution in [1.29, 1.82) is 0 Å². The highest BCUT2D eigenvalue weighted by molar-refractivity contribution is 5.49. The van der Waals surface area contributed by atoms with Gasteiger partial charge in [0.25, 0.3) is 0 Å². The molecular formula is C14H22N2O2. The molecule has 0 aliphatic carbocycles. The molecule has 1 saturated heterocycles. The Labute approximate surface area is 108 Å². The van der Waals surface area contributed by atoms with E-state index in [0.29, 0.717) is 11.7 Å². The summed E-state index contributed by atoms with van der Waals surface area (Å²) in [6.07, 6.45) is 0. The van der Waals surface area contributed by atoms with Crippen molar-refractivity contribution in [2.24, 2.45) is 5.92 Å². The molecular weight excluding hydrogens is 228 g/mol. The lowest BCUT2D eigenvalue weighted by atomic mass is 10.1. The Balaban J connectivity index is 1.84. The maximum Gasteiger partial charge on any atom is 0.115 e. The highest BCUT2D eigenvalue weighted by Crippen LogP contribution is 2.19. The Bertz CT molecular complexity index is 359. The van der Waals surface area contributed by atoms with Gasteiger partial charge in [0.15, 0.2) is 0 Å². The number of aromatic hydroxyl groups is 1. The molecule has 1 aromatic rings. The molecule has 0 amide bonds. The molecule has 1 aliphatic rings. The third-order valence-electron chi connectivity index (χ3n) is 3.47. The summed E-state index contributed by atoms with van der Waals surface area (Å²) in [5.74, 6) is 0.666. The first-order valence-corrected chi connectivity index (χ1v) is 6.56. The average Bonchev–Trinajstić information content (AvgIpc) is 2.40. The maximum absolute atomic E-state index is 9.27. The van der Waals surface area contributed by atoms with E-state index in [-0.39, 0.29) is 6.61 Å². The van der Waals surface area contributed by atoms with Gasteiger partial charge in [-0.3, -0.25) is 4.90 Å². The maximum atomic E-state index is 9.27. The molecule has 0 radical (unpaired) electrons. The van der Waals surface area contributed by atoms with Crippen molar-refractivity contribution in [1.82, 2.24) is 4.90 Å². The van der Waals surface area contributed by atoms with Gasteiger partial charge in [-0.05, 0) is 30.2 Å². The van der Waals surface area contributed by atoms with E-state index in [1.807, 2.05) is 12.1 Å². The minimum Gasteiger partial charge on any atom is -0.508 e. The van der Waals surface area contributed by atoms with Gasteiger partial charge in [-0.1, -0.05) is 6.92 Å². The largest absolute Gasteiger partial charge is 0.508 e. The van der Waals surface area contributed by atoms with E-state index in [1.165, 1.54) is 5.69 Å². The average molecular weight is 250 g/mol. The Morgan fingerprint density at radius 2 is 1.72 bits per heavy atom. The Kier molecular flexibility index (Phi) is 4.44. The summed E-state index contributed by atoms with van der Waals surface area (Å²) in [4.78, 5) is 4.73. The summed E-state index contributed by atoms with van der Waals surface area (Å²) in [5.41, 5.74) is 1.17. The van der Waals surface area contributed by atoms with Crippen molar-refractivity contribution in [3.63, 3.8) is 0 Å². The van der Waals surface area contributed by atoms with Gasteiger partial charge in [0.2, 0.25) is 0 Å². The van der Waals surface area contributed by atoms with Crippen molar-refractivity contribution >= 4 is 5.69 Å². The van der Waals surface area contributed by atoms with Crippen LogP contribution in [0.4, 0.5) is 5.69 Å². The smallest absolute Gasteiger partial charge is 0.115 e. The van der Waals surface area contributed by atoms with Gasteiger partial charge in [0.1, 0.15) is 5.75 Å². The van der Waals surface area contributed by atoms with Gasteiger partial charge >= 0.3 is 0 Å². The van der Waals surface area contributed by atoms with E-state index >= 15 is 0 Å². The fourth-order valence-electron chi connectivity index (χ4n) is 2.35. The summed E-state index contributed by atoms with van der Waals surface area (Å²) in [6, 6.07) is 7.38. The summed E-state index contributed by atoms with van der Waals surface area (Å²) in [7, 11) is 0. The molecule has 2 N–H and O–H groups in total. The van der Waals surface area contributed by atoms with Crippen molar-refractivity contribution in [2.75, 3.05) is 44.2 Å². The van der Waals surface area contributed by atoms with E-state index in [1.54, 1.807) is 12.1 Å². The third kappa shape index (κ3) is 3.37. The number of benzene rings is 1. The number of phenols is 1. The van der Waals surface area contributed by atoms with E-state index in [2.05, 4.69) is 16.7 Å². The van der Waals surface area contributed by atoms with Gasteiger partial charge in [-0.15, -0.1) is 0 Å². The van der Waals surface area contributed by atoms with E-state index in [9.17, 15) is 5.11 Å². The predicted octanol–water partition coefficient (Wildman–Crippen LogP) is 1.14. The Hall–Kier alpha value is -1.26. The molecule has 2 rings (SSSR count). The molecule has 1 unspecified atom stereocenters. The lowest BCUT2D eigenvalue weighted by Crippen LogP contribution is -2.47.